The Hall–Kier alpha value is -2.58. The summed E-state index contributed by atoms with van der Waals surface area (Å²) in [6, 6.07) is 32.0. The maximum absolute atomic E-state index is 6.70. The summed E-state index contributed by atoms with van der Waals surface area (Å²) in [7, 11) is -1.78. The molecule has 0 aromatic heterocycles. The molecule has 2 heteroatoms. The number of rotatable bonds is 7. The van der Waals surface area contributed by atoms with Crippen LogP contribution in [0, 0.1) is 0 Å². The van der Waals surface area contributed by atoms with Gasteiger partial charge in [-0.15, -0.1) is 0 Å². The van der Waals surface area contributed by atoms with Crippen molar-refractivity contribution in [3.05, 3.63) is 113 Å². The number of hydrogen-bond donors (Lipinski definition) is 0. The molecule has 0 aliphatic carbocycles. The van der Waals surface area contributed by atoms with E-state index in [0.29, 0.717) is 5.92 Å². The van der Waals surface area contributed by atoms with Crippen LogP contribution >= 0.6 is 0 Å². The topological polar surface area (TPSA) is 9.23 Å². The van der Waals surface area contributed by atoms with Gasteiger partial charge in [-0.2, -0.15) is 0 Å². The maximum Gasteiger partial charge on any atom is 0.241 e. The van der Waals surface area contributed by atoms with Gasteiger partial charge in [0.2, 0.25) is 8.32 Å². The van der Waals surface area contributed by atoms with E-state index in [9.17, 15) is 0 Å². The van der Waals surface area contributed by atoms with Gasteiger partial charge in [-0.25, -0.2) is 0 Å². The lowest BCUT2D eigenvalue weighted by Crippen LogP contribution is -2.28. The summed E-state index contributed by atoms with van der Waals surface area (Å²) in [6.07, 6.45) is 2.23. The van der Waals surface area contributed by atoms with Crippen molar-refractivity contribution >= 4 is 14.4 Å². The summed E-state index contributed by atoms with van der Waals surface area (Å²) >= 11 is 0. The maximum atomic E-state index is 6.70. The fourth-order valence-electron chi connectivity index (χ4n) is 3.56. The fraction of sp³-hybridized carbons (Fsp3) is 0.231. The number of hydrogen-bond acceptors (Lipinski definition) is 1. The van der Waals surface area contributed by atoms with E-state index in [1.807, 2.05) is 0 Å². The molecule has 2 atom stereocenters. The van der Waals surface area contributed by atoms with Gasteiger partial charge in [0.1, 0.15) is 0 Å². The number of allylic oxidation sites excluding steroid dienone is 1. The second-order valence-electron chi connectivity index (χ2n) is 8.26. The van der Waals surface area contributed by atoms with Crippen molar-refractivity contribution in [3.8, 4) is 0 Å². The molecule has 0 fully saturated rings. The summed E-state index contributed by atoms with van der Waals surface area (Å²) in [5.41, 5.74) is 3.80. The Labute approximate surface area is 170 Å². The van der Waals surface area contributed by atoms with Crippen molar-refractivity contribution in [2.45, 2.75) is 38.4 Å². The van der Waals surface area contributed by atoms with Gasteiger partial charge in [-0.05, 0) is 48.3 Å². The Morgan fingerprint density at radius 3 is 1.68 bits per heavy atom. The number of benzene rings is 3. The normalized spacial score (nSPS) is 14.4. The van der Waals surface area contributed by atoms with Crippen LogP contribution in [0.3, 0.4) is 0 Å². The molecule has 3 aromatic rings. The van der Waals surface area contributed by atoms with Gasteiger partial charge in [0.15, 0.2) is 0 Å². The van der Waals surface area contributed by atoms with Gasteiger partial charge >= 0.3 is 0 Å². The van der Waals surface area contributed by atoms with E-state index in [1.54, 1.807) is 0 Å². The molecule has 0 aliphatic heterocycles. The standard InChI is InChI=1S/C26H30OSi/c1-21(23-16-10-6-11-17-23)26(24-18-12-7-13-19-24)25(27-28(2,3)4)20-22-14-8-5-9-15-22/h5-21,26H,1-4H3/b25-20+. The summed E-state index contributed by atoms with van der Waals surface area (Å²) in [5.74, 6) is 1.53. The van der Waals surface area contributed by atoms with E-state index < -0.39 is 8.32 Å². The third kappa shape index (κ3) is 5.46. The molecular weight excluding hydrogens is 356 g/mol. The molecule has 1 nitrogen and oxygen atoms in total. The van der Waals surface area contributed by atoms with Gasteiger partial charge in [0.25, 0.3) is 0 Å². The Morgan fingerprint density at radius 1 is 0.714 bits per heavy atom. The van der Waals surface area contributed by atoms with E-state index in [0.717, 1.165) is 5.76 Å². The first-order valence-corrected chi connectivity index (χ1v) is 13.4. The average Bonchev–Trinajstić information content (AvgIpc) is 2.69. The zero-order chi connectivity index (χ0) is 20.0. The highest BCUT2D eigenvalue weighted by atomic mass is 28.4. The van der Waals surface area contributed by atoms with Crippen molar-refractivity contribution in [1.82, 2.24) is 0 Å². The lowest BCUT2D eigenvalue weighted by atomic mass is 9.81. The van der Waals surface area contributed by atoms with Gasteiger partial charge in [-0.1, -0.05) is 97.9 Å². The first-order valence-electron chi connectivity index (χ1n) is 9.99. The van der Waals surface area contributed by atoms with Crippen LogP contribution in [0.25, 0.3) is 6.08 Å². The highest BCUT2D eigenvalue weighted by Gasteiger charge is 2.29. The monoisotopic (exact) mass is 386 g/mol. The second kappa shape index (κ2) is 9.07. The van der Waals surface area contributed by atoms with E-state index in [4.69, 9.17) is 4.43 Å². The molecule has 0 spiro atoms. The van der Waals surface area contributed by atoms with Crippen molar-refractivity contribution < 1.29 is 4.43 Å². The summed E-state index contributed by atoms with van der Waals surface area (Å²) in [6.45, 7) is 9.06. The van der Waals surface area contributed by atoms with Crippen LogP contribution in [0.2, 0.25) is 19.6 Å². The SMILES string of the molecule is CC(c1ccccc1)C(/C(=C\c1ccccc1)O[Si](C)(C)C)c1ccccc1. The lowest BCUT2D eigenvalue weighted by Gasteiger charge is -2.32. The zero-order valence-corrected chi connectivity index (χ0v) is 18.3. The minimum absolute atomic E-state index is 0.163. The Bertz CT molecular complexity index is 880. The Balaban J connectivity index is 2.12. The highest BCUT2D eigenvalue weighted by Crippen LogP contribution is 2.40. The Kier molecular flexibility index (Phi) is 6.53. The van der Waals surface area contributed by atoms with Crippen LogP contribution in [0.1, 0.15) is 35.4 Å². The van der Waals surface area contributed by atoms with Gasteiger partial charge < -0.3 is 4.43 Å². The van der Waals surface area contributed by atoms with Gasteiger partial charge in [0.05, 0.1) is 5.76 Å². The molecule has 3 rings (SSSR count). The van der Waals surface area contributed by atoms with Crippen molar-refractivity contribution in [1.29, 1.82) is 0 Å². The third-order valence-corrected chi connectivity index (χ3v) is 5.67. The molecule has 2 unspecified atom stereocenters. The Morgan fingerprint density at radius 2 is 1.18 bits per heavy atom. The summed E-state index contributed by atoms with van der Waals surface area (Å²) < 4.78 is 6.70. The van der Waals surface area contributed by atoms with Crippen LogP contribution in [-0.4, -0.2) is 8.32 Å². The molecule has 0 N–H and O–H groups in total. The quantitative estimate of drug-likeness (QED) is 0.302. The van der Waals surface area contributed by atoms with Gasteiger partial charge in [-0.3, -0.25) is 0 Å². The molecule has 144 valence electrons. The van der Waals surface area contributed by atoms with Crippen molar-refractivity contribution in [3.63, 3.8) is 0 Å². The van der Waals surface area contributed by atoms with E-state index in [2.05, 4.69) is 124 Å². The molecule has 28 heavy (non-hydrogen) atoms. The van der Waals surface area contributed by atoms with E-state index in [-0.39, 0.29) is 5.92 Å². The fourth-order valence-corrected chi connectivity index (χ4v) is 4.45. The minimum atomic E-state index is -1.78. The molecule has 0 aliphatic rings. The average molecular weight is 387 g/mol. The lowest BCUT2D eigenvalue weighted by molar-refractivity contribution is 0.367. The zero-order valence-electron chi connectivity index (χ0n) is 17.3. The van der Waals surface area contributed by atoms with Gasteiger partial charge in [0, 0.05) is 5.92 Å². The third-order valence-electron chi connectivity index (χ3n) is 4.82. The first-order chi connectivity index (χ1) is 13.4. The predicted molar refractivity (Wildman–Crippen MR) is 123 cm³/mol. The first kappa shape index (κ1) is 20.2. The van der Waals surface area contributed by atoms with Crippen LogP contribution < -0.4 is 0 Å². The molecule has 3 aromatic carbocycles. The molecule has 0 bridgehead atoms. The summed E-state index contributed by atoms with van der Waals surface area (Å²) in [5, 5.41) is 0. The van der Waals surface area contributed by atoms with Crippen LogP contribution in [0.4, 0.5) is 0 Å². The molecule has 0 saturated heterocycles. The molecule has 0 amide bonds. The van der Waals surface area contributed by atoms with E-state index >= 15 is 0 Å². The van der Waals surface area contributed by atoms with E-state index in [1.165, 1.54) is 16.7 Å². The largest absolute Gasteiger partial charge is 0.547 e. The smallest absolute Gasteiger partial charge is 0.241 e. The highest BCUT2D eigenvalue weighted by molar-refractivity contribution is 6.70. The van der Waals surface area contributed by atoms with Crippen LogP contribution in [0.5, 0.6) is 0 Å². The van der Waals surface area contributed by atoms with Crippen LogP contribution in [-0.2, 0) is 4.43 Å². The minimum Gasteiger partial charge on any atom is -0.547 e. The van der Waals surface area contributed by atoms with Crippen molar-refractivity contribution in [2.24, 2.45) is 0 Å². The molecule has 0 heterocycles. The molecule has 0 radical (unpaired) electrons. The summed E-state index contributed by atoms with van der Waals surface area (Å²) in [4.78, 5) is 0. The molecule has 0 saturated carbocycles. The molecular formula is C26H30OSi. The second-order valence-corrected chi connectivity index (χ2v) is 12.7. The van der Waals surface area contributed by atoms with Crippen molar-refractivity contribution in [2.75, 3.05) is 0 Å². The predicted octanol–water partition coefficient (Wildman–Crippen LogP) is 7.47. The van der Waals surface area contributed by atoms with Crippen LogP contribution in [0.15, 0.2) is 96.8 Å².